The minimum absolute atomic E-state index is 0.169. The zero-order valence-corrected chi connectivity index (χ0v) is 15.9. The van der Waals surface area contributed by atoms with Crippen molar-refractivity contribution in [1.29, 1.82) is 0 Å². The number of alkyl halides is 3. The Balaban J connectivity index is 2.17. The monoisotopic (exact) mass is 478 g/mol. The van der Waals surface area contributed by atoms with Gasteiger partial charge >= 0.3 is 6.18 Å². The summed E-state index contributed by atoms with van der Waals surface area (Å²) in [5.74, 6) is 0.377. The number of hydrogen-bond acceptors (Lipinski definition) is 4. The van der Waals surface area contributed by atoms with E-state index in [9.17, 15) is 23.1 Å². The molecule has 2 N–H and O–H groups in total. The van der Waals surface area contributed by atoms with Gasteiger partial charge in [0.2, 0.25) is 0 Å². The molecular formula is C16H14F3IN4O2. The molecule has 1 aromatic carbocycles. The number of aromatic amines is 1. The molecule has 0 spiro atoms. The van der Waals surface area contributed by atoms with Crippen molar-refractivity contribution < 1.29 is 18.3 Å². The van der Waals surface area contributed by atoms with Crippen LogP contribution in [0.2, 0.25) is 0 Å². The smallest absolute Gasteiger partial charge is 0.390 e. The highest BCUT2D eigenvalue weighted by atomic mass is 127. The molecule has 1 unspecified atom stereocenters. The van der Waals surface area contributed by atoms with Crippen LogP contribution >= 0.6 is 22.6 Å². The normalized spacial score (nSPS) is 13.3. The first-order valence-electron chi connectivity index (χ1n) is 7.59. The molecule has 0 aliphatic carbocycles. The van der Waals surface area contributed by atoms with Crippen molar-refractivity contribution >= 4 is 33.6 Å². The predicted octanol–water partition coefficient (Wildman–Crippen LogP) is 3.15. The quantitative estimate of drug-likeness (QED) is 0.567. The lowest BCUT2D eigenvalue weighted by atomic mass is 10.1. The van der Waals surface area contributed by atoms with E-state index in [-0.39, 0.29) is 16.7 Å². The van der Waals surface area contributed by atoms with Crippen LogP contribution in [0.25, 0.3) is 11.0 Å². The summed E-state index contributed by atoms with van der Waals surface area (Å²) in [6.07, 6.45) is -4.42. The molecule has 0 fully saturated rings. The van der Waals surface area contributed by atoms with Crippen LogP contribution in [-0.2, 0) is 12.8 Å². The van der Waals surface area contributed by atoms with Crippen molar-refractivity contribution in [3.8, 4) is 0 Å². The number of benzene rings is 1. The number of halogens is 4. The second-order valence-corrected chi connectivity index (χ2v) is 6.97. The standard InChI is InChI=1S/C16H14F3IN4O2/c1-7(10-4-3-9(5-11(10)20)16(17,18)19)24-14-13(12(6-25)23-24)15(26)22-8(2)21-14/h3-5,7,25H,6H2,1-2H3,(H,21,22,26). The minimum Gasteiger partial charge on any atom is -0.390 e. The van der Waals surface area contributed by atoms with Gasteiger partial charge in [0.25, 0.3) is 5.56 Å². The van der Waals surface area contributed by atoms with Crippen LogP contribution in [0.3, 0.4) is 0 Å². The van der Waals surface area contributed by atoms with Crippen molar-refractivity contribution in [1.82, 2.24) is 19.7 Å². The maximum Gasteiger partial charge on any atom is 0.416 e. The summed E-state index contributed by atoms with van der Waals surface area (Å²) >= 11 is 1.84. The molecule has 0 saturated heterocycles. The largest absolute Gasteiger partial charge is 0.416 e. The highest BCUT2D eigenvalue weighted by Crippen LogP contribution is 2.33. The average Bonchev–Trinajstić information content (AvgIpc) is 2.92. The topological polar surface area (TPSA) is 83.8 Å². The fourth-order valence-corrected chi connectivity index (χ4v) is 3.75. The third-order valence-corrected chi connectivity index (χ3v) is 4.98. The Kier molecular flexibility index (Phi) is 4.82. The Labute approximate surface area is 159 Å². The summed E-state index contributed by atoms with van der Waals surface area (Å²) in [5.41, 5.74) is -0.102. The van der Waals surface area contributed by atoms with E-state index in [1.165, 1.54) is 10.7 Å². The van der Waals surface area contributed by atoms with E-state index in [4.69, 9.17) is 0 Å². The zero-order valence-electron chi connectivity index (χ0n) is 13.7. The van der Waals surface area contributed by atoms with Crippen LogP contribution in [0.15, 0.2) is 23.0 Å². The number of fused-ring (bicyclic) bond motifs is 1. The molecule has 0 bridgehead atoms. The lowest BCUT2D eigenvalue weighted by Gasteiger charge is -2.17. The van der Waals surface area contributed by atoms with Crippen molar-refractivity contribution in [2.75, 3.05) is 0 Å². The number of aliphatic hydroxyl groups is 1. The lowest BCUT2D eigenvalue weighted by molar-refractivity contribution is -0.137. The Bertz CT molecular complexity index is 1040. The molecule has 6 nitrogen and oxygen atoms in total. The summed E-state index contributed by atoms with van der Waals surface area (Å²) in [6, 6.07) is 2.98. The Hall–Kier alpha value is -1.95. The molecule has 0 aliphatic rings. The third kappa shape index (κ3) is 3.22. The number of aromatic nitrogens is 4. The first-order chi connectivity index (χ1) is 12.1. The zero-order chi connectivity index (χ0) is 19.2. The van der Waals surface area contributed by atoms with E-state index in [2.05, 4.69) is 15.1 Å². The lowest BCUT2D eigenvalue weighted by Crippen LogP contribution is -2.14. The molecule has 0 radical (unpaired) electrons. The van der Waals surface area contributed by atoms with Gasteiger partial charge in [-0.25, -0.2) is 9.67 Å². The van der Waals surface area contributed by atoms with Gasteiger partial charge in [-0.1, -0.05) is 6.07 Å². The fraction of sp³-hybridized carbons (Fsp3) is 0.312. The Morgan fingerprint density at radius 3 is 2.65 bits per heavy atom. The van der Waals surface area contributed by atoms with Crippen LogP contribution in [0.1, 0.15) is 35.6 Å². The molecule has 0 amide bonds. The summed E-state index contributed by atoms with van der Waals surface area (Å²) in [5, 5.41) is 13.9. The highest BCUT2D eigenvalue weighted by Gasteiger charge is 2.31. The molecule has 0 aliphatic heterocycles. The van der Waals surface area contributed by atoms with Crippen molar-refractivity contribution in [2.24, 2.45) is 0 Å². The second kappa shape index (κ2) is 6.65. The maximum atomic E-state index is 12.9. The molecule has 2 aromatic heterocycles. The van der Waals surface area contributed by atoms with Crippen molar-refractivity contribution in [2.45, 2.75) is 32.7 Å². The van der Waals surface area contributed by atoms with Gasteiger partial charge in [0.05, 0.1) is 18.2 Å². The fourth-order valence-electron chi connectivity index (χ4n) is 2.78. The van der Waals surface area contributed by atoms with Crippen molar-refractivity contribution in [3.63, 3.8) is 0 Å². The van der Waals surface area contributed by atoms with Crippen LogP contribution in [0.4, 0.5) is 13.2 Å². The van der Waals surface area contributed by atoms with Crippen LogP contribution < -0.4 is 5.56 Å². The molecular weight excluding hydrogens is 464 g/mol. The second-order valence-electron chi connectivity index (χ2n) is 5.81. The molecule has 3 rings (SSSR count). The van der Waals surface area contributed by atoms with E-state index in [1.54, 1.807) is 13.8 Å². The SMILES string of the molecule is Cc1nc2c(c(CO)nn2C(C)c2ccc(C(F)(F)F)cc2I)c(=O)[nH]1. The van der Waals surface area contributed by atoms with Gasteiger partial charge in [-0.2, -0.15) is 18.3 Å². The van der Waals surface area contributed by atoms with Crippen LogP contribution in [0.5, 0.6) is 0 Å². The van der Waals surface area contributed by atoms with Gasteiger partial charge in [0, 0.05) is 3.57 Å². The van der Waals surface area contributed by atoms with Gasteiger partial charge in [0.15, 0.2) is 5.65 Å². The van der Waals surface area contributed by atoms with Gasteiger partial charge in [-0.15, -0.1) is 0 Å². The number of H-pyrrole nitrogens is 1. The number of aliphatic hydroxyl groups excluding tert-OH is 1. The Morgan fingerprint density at radius 2 is 2.08 bits per heavy atom. The van der Waals surface area contributed by atoms with E-state index < -0.39 is 29.9 Å². The highest BCUT2D eigenvalue weighted by molar-refractivity contribution is 14.1. The summed E-state index contributed by atoms with van der Waals surface area (Å²) in [7, 11) is 0. The number of nitrogens with zero attached hydrogens (tertiary/aromatic N) is 3. The molecule has 2 heterocycles. The van der Waals surface area contributed by atoms with E-state index >= 15 is 0 Å². The van der Waals surface area contributed by atoms with Gasteiger partial charge in [-0.3, -0.25) is 4.79 Å². The van der Waals surface area contributed by atoms with Gasteiger partial charge in [-0.05, 0) is 54.1 Å². The molecule has 3 aromatic rings. The minimum atomic E-state index is -4.42. The molecule has 0 saturated carbocycles. The molecule has 10 heteroatoms. The first-order valence-corrected chi connectivity index (χ1v) is 8.67. The predicted molar refractivity (Wildman–Crippen MR) is 96.8 cm³/mol. The summed E-state index contributed by atoms with van der Waals surface area (Å²) in [6.45, 7) is 2.91. The molecule has 26 heavy (non-hydrogen) atoms. The average molecular weight is 478 g/mol. The Morgan fingerprint density at radius 1 is 1.38 bits per heavy atom. The van der Waals surface area contributed by atoms with Crippen LogP contribution in [-0.4, -0.2) is 24.9 Å². The first kappa shape index (κ1) is 18.8. The molecule has 1 atom stereocenters. The molecule has 138 valence electrons. The van der Waals surface area contributed by atoms with E-state index in [0.717, 1.165) is 12.1 Å². The summed E-state index contributed by atoms with van der Waals surface area (Å²) in [4.78, 5) is 19.0. The van der Waals surface area contributed by atoms with E-state index in [1.807, 2.05) is 22.6 Å². The number of rotatable bonds is 3. The van der Waals surface area contributed by atoms with Gasteiger partial charge < -0.3 is 10.1 Å². The number of aryl methyl sites for hydroxylation is 1. The third-order valence-electron chi connectivity index (χ3n) is 4.05. The van der Waals surface area contributed by atoms with Crippen molar-refractivity contribution in [3.05, 3.63) is 54.8 Å². The van der Waals surface area contributed by atoms with Gasteiger partial charge in [0.1, 0.15) is 16.9 Å². The van der Waals surface area contributed by atoms with E-state index in [0.29, 0.717) is 15.0 Å². The van der Waals surface area contributed by atoms with Crippen LogP contribution in [0, 0.1) is 10.5 Å². The number of hydrogen-bond donors (Lipinski definition) is 2. The summed E-state index contributed by atoms with van der Waals surface area (Å²) < 4.78 is 40.5. The number of nitrogens with one attached hydrogen (secondary N) is 1. The maximum absolute atomic E-state index is 12.9.